The third-order valence-electron chi connectivity index (χ3n) is 18.8. The summed E-state index contributed by atoms with van der Waals surface area (Å²) in [5.41, 5.74) is 24.5. The Balaban J connectivity index is 0.000000148. The summed E-state index contributed by atoms with van der Waals surface area (Å²) in [5, 5.41) is 24.5. The molecule has 8 heterocycles. The van der Waals surface area contributed by atoms with Crippen molar-refractivity contribution in [1.82, 2.24) is 39.9 Å². The quantitative estimate of drug-likeness (QED) is 0.0301. The second kappa shape index (κ2) is 44.1. The fourth-order valence-corrected chi connectivity index (χ4v) is 13.0. The molecule has 0 saturated heterocycles. The number of rotatable bonds is 22. The molecule has 0 atom stereocenters. The van der Waals surface area contributed by atoms with Gasteiger partial charge in [-0.15, -0.1) is 0 Å². The predicted octanol–water partition coefficient (Wildman–Crippen LogP) is 20.4. The molecule has 0 aliphatic carbocycles. The van der Waals surface area contributed by atoms with Gasteiger partial charge in [0.05, 0.1) is 105 Å². The van der Waals surface area contributed by atoms with E-state index in [1.807, 2.05) is 72.8 Å². The van der Waals surface area contributed by atoms with E-state index in [2.05, 4.69) is 82.4 Å². The Kier molecular flexibility index (Phi) is 30.8. The molecule has 644 valence electrons. The maximum absolute atomic E-state index is 12.7. The lowest BCUT2D eigenvalue weighted by Crippen LogP contribution is -2.14. The van der Waals surface area contributed by atoms with Crippen LogP contribution >= 0.6 is 46.4 Å². The van der Waals surface area contributed by atoms with Gasteiger partial charge in [0.1, 0.15) is 11.6 Å². The number of benzene rings is 8. The van der Waals surface area contributed by atoms with Gasteiger partial charge < -0.3 is 63.5 Å². The molecule has 0 aliphatic rings. The van der Waals surface area contributed by atoms with Crippen LogP contribution in [0, 0.1) is 0 Å². The highest BCUT2D eigenvalue weighted by atomic mass is 35.5. The minimum Gasteiger partial charge on any atom is -0.481 e. The molecule has 12 N–H and O–H groups in total. The highest BCUT2D eigenvalue weighted by Gasteiger charge is 2.19. The number of halogens is 4. The number of methoxy groups -OCH3 is 2. The lowest BCUT2D eigenvalue weighted by atomic mass is 10.1. The SMILES string of the molecule is COc1ccc(NC(=O)c2ccc(C(=O)Nc3ccc(Cl)c(-c4ccccn4)c3)cc2)cn1.COc1ccc(NC(=O)c2ccc(C(=O)Nc3ccc(Cl)c(-c4ccccn4)c3)cc2)cn1.Nc1ccc(NC(=O)c2ccc(C(=O)Nc3ccc(Cl)c(-c4ccccn4)c3)cc2)cn1.Nc1ccc(NC(=O)c2ccc(C(=O)Nc3ccc(Cl)c(-c4ccccn4)c3)cc2)cn1. The number of hydrogen-bond acceptors (Lipinski definition) is 20. The van der Waals surface area contributed by atoms with Gasteiger partial charge in [0.2, 0.25) is 11.8 Å². The number of nitrogens with zero attached hydrogens (tertiary/aromatic N) is 8. The number of carbonyl (C=O) groups is 8. The summed E-state index contributed by atoms with van der Waals surface area (Å²) in [7, 11) is 3.04. The van der Waals surface area contributed by atoms with Gasteiger partial charge in [-0.3, -0.25) is 58.3 Å². The average Bonchev–Trinajstić information content (AvgIpc) is 0.832. The number of pyridine rings is 8. The molecular formula is C98H74Cl4N18O10. The van der Waals surface area contributed by atoms with E-state index in [-0.39, 0.29) is 47.3 Å². The Morgan fingerprint density at radius 1 is 0.231 bits per heavy atom. The third-order valence-corrected chi connectivity index (χ3v) is 20.1. The number of nitrogens with one attached hydrogen (secondary N) is 8. The fraction of sp³-hybridized carbons (Fsp3) is 0.0204. The van der Waals surface area contributed by atoms with Crippen molar-refractivity contribution in [3.8, 4) is 56.8 Å². The molecule has 130 heavy (non-hydrogen) atoms. The Hall–Kier alpha value is -16.9. The fourth-order valence-electron chi connectivity index (χ4n) is 12.1. The lowest BCUT2D eigenvalue weighted by Gasteiger charge is -2.10. The summed E-state index contributed by atoms with van der Waals surface area (Å²) < 4.78 is 10.0. The van der Waals surface area contributed by atoms with Crippen molar-refractivity contribution >= 4 is 151 Å². The topological polar surface area (TPSA) is 406 Å². The van der Waals surface area contributed by atoms with Gasteiger partial charge in [-0.2, -0.15) is 0 Å². The molecule has 8 aromatic heterocycles. The number of nitrogen functional groups attached to an aromatic ring is 2. The van der Waals surface area contributed by atoms with E-state index >= 15 is 0 Å². The van der Waals surface area contributed by atoms with Crippen LogP contribution in [0.5, 0.6) is 11.8 Å². The van der Waals surface area contributed by atoms with Crippen LogP contribution in [0.1, 0.15) is 82.9 Å². The standard InChI is InChI=1S/2C25H19ClN4O3.2C24H18ClN5O2/c2*1-33-23-12-10-19(15-28-23)30-25(32)17-7-5-16(6-8-17)24(31)29-18-9-11-21(26)20(14-18)22-4-2-3-13-27-22;2*25-20-10-8-17(13-19(20)21-3-1-2-12-27-21)29-23(31)15-4-6-16(7-5-15)24(32)30-18-9-11-22(26)28-14-18/h2*2-15H,1H3,(H,29,31)(H,30,32);2*1-14H,(H2,26,28)(H,29,31)(H,30,32). The number of aromatic nitrogens is 8. The third kappa shape index (κ3) is 25.2. The first-order valence-corrected chi connectivity index (χ1v) is 40.7. The summed E-state index contributed by atoms with van der Waals surface area (Å²) in [6.45, 7) is 0. The van der Waals surface area contributed by atoms with Crippen LogP contribution in [-0.4, -0.2) is 101 Å². The molecular weight excluding hydrogens is 1730 g/mol. The zero-order valence-corrected chi connectivity index (χ0v) is 71.7. The Morgan fingerprint density at radius 2 is 0.423 bits per heavy atom. The van der Waals surface area contributed by atoms with Crippen molar-refractivity contribution in [2.75, 3.05) is 68.2 Å². The Morgan fingerprint density at radius 3 is 0.592 bits per heavy atom. The predicted molar refractivity (Wildman–Crippen MR) is 507 cm³/mol. The summed E-state index contributed by atoms with van der Waals surface area (Å²) in [6, 6.07) is 81.5. The van der Waals surface area contributed by atoms with E-state index in [1.54, 1.807) is 243 Å². The van der Waals surface area contributed by atoms with Crippen LogP contribution in [0.2, 0.25) is 20.1 Å². The summed E-state index contributed by atoms with van der Waals surface area (Å²) in [5.74, 6) is -0.861. The second-order valence-electron chi connectivity index (χ2n) is 27.7. The largest absolute Gasteiger partial charge is 0.481 e. The van der Waals surface area contributed by atoms with Crippen LogP contribution in [0.4, 0.5) is 57.1 Å². The monoisotopic (exact) mass is 1800 g/mol. The van der Waals surface area contributed by atoms with Crippen molar-refractivity contribution in [2.24, 2.45) is 0 Å². The highest BCUT2D eigenvalue weighted by Crippen LogP contribution is 2.35. The van der Waals surface area contributed by atoms with E-state index in [1.165, 1.54) is 39.0 Å². The normalized spacial score (nSPS) is 10.4. The molecule has 0 saturated carbocycles. The molecule has 0 spiro atoms. The Labute approximate surface area is 764 Å². The molecule has 16 rings (SSSR count). The molecule has 28 nitrogen and oxygen atoms in total. The van der Waals surface area contributed by atoms with Gasteiger partial charge in [-0.25, -0.2) is 19.9 Å². The molecule has 0 bridgehead atoms. The van der Waals surface area contributed by atoms with Crippen molar-refractivity contribution in [1.29, 1.82) is 0 Å². The van der Waals surface area contributed by atoms with E-state index in [0.717, 1.165) is 11.1 Å². The maximum atomic E-state index is 12.7. The molecule has 0 radical (unpaired) electrons. The summed E-state index contributed by atoms with van der Waals surface area (Å²) >= 11 is 25.2. The number of nitrogens with two attached hydrogens (primary N) is 2. The first kappa shape index (κ1) is 90.8. The van der Waals surface area contributed by atoms with Crippen LogP contribution < -0.4 is 63.5 Å². The minimum absolute atomic E-state index is 0.310. The average molecular weight is 1810 g/mol. The summed E-state index contributed by atoms with van der Waals surface area (Å²) in [4.78, 5) is 134. The molecule has 0 aliphatic heterocycles. The van der Waals surface area contributed by atoms with Crippen LogP contribution in [-0.2, 0) is 0 Å². The lowest BCUT2D eigenvalue weighted by molar-refractivity contribution is 0.101. The first-order valence-electron chi connectivity index (χ1n) is 39.2. The van der Waals surface area contributed by atoms with Gasteiger partial charge >= 0.3 is 0 Å². The van der Waals surface area contributed by atoms with Gasteiger partial charge in [-0.05, 0) is 255 Å². The van der Waals surface area contributed by atoms with E-state index in [9.17, 15) is 38.4 Å². The van der Waals surface area contributed by atoms with E-state index in [0.29, 0.717) is 167 Å². The van der Waals surface area contributed by atoms with Crippen LogP contribution in [0.25, 0.3) is 45.0 Å². The smallest absolute Gasteiger partial charge is 0.255 e. The molecule has 8 aromatic carbocycles. The molecule has 8 amide bonds. The van der Waals surface area contributed by atoms with Crippen molar-refractivity contribution in [3.05, 3.63) is 405 Å². The number of ether oxygens (including phenoxy) is 2. The van der Waals surface area contributed by atoms with E-state index < -0.39 is 0 Å². The van der Waals surface area contributed by atoms with Gasteiger partial charge in [0, 0.05) is 126 Å². The highest BCUT2D eigenvalue weighted by molar-refractivity contribution is 6.35. The molecule has 0 unspecified atom stereocenters. The number of amides is 8. The number of anilines is 10. The second-order valence-corrected chi connectivity index (χ2v) is 29.3. The van der Waals surface area contributed by atoms with Gasteiger partial charge in [0.15, 0.2) is 0 Å². The van der Waals surface area contributed by atoms with Crippen molar-refractivity contribution in [2.45, 2.75) is 0 Å². The van der Waals surface area contributed by atoms with Crippen molar-refractivity contribution < 1.29 is 47.8 Å². The van der Waals surface area contributed by atoms with E-state index in [4.69, 9.17) is 67.3 Å². The zero-order chi connectivity index (χ0) is 91.4. The van der Waals surface area contributed by atoms with Crippen LogP contribution in [0.3, 0.4) is 0 Å². The summed E-state index contributed by atoms with van der Waals surface area (Å²) in [6.07, 6.45) is 12.7. The van der Waals surface area contributed by atoms with Crippen LogP contribution in [0.15, 0.2) is 341 Å². The minimum atomic E-state index is -0.318. The number of carbonyl (C=O) groups excluding carboxylic acids is 8. The molecule has 0 fully saturated rings. The molecule has 32 heteroatoms. The van der Waals surface area contributed by atoms with Gasteiger partial charge in [-0.1, -0.05) is 70.7 Å². The zero-order valence-electron chi connectivity index (χ0n) is 68.7. The molecule has 16 aromatic rings. The first-order chi connectivity index (χ1) is 63.0. The van der Waals surface area contributed by atoms with Crippen molar-refractivity contribution in [3.63, 3.8) is 0 Å². The number of hydrogen-bond donors (Lipinski definition) is 10. The Bertz CT molecular complexity index is 6290. The maximum Gasteiger partial charge on any atom is 0.255 e. The van der Waals surface area contributed by atoms with Gasteiger partial charge in [0.25, 0.3) is 47.3 Å².